The second kappa shape index (κ2) is 6.33. The molecule has 0 heterocycles. The fourth-order valence-corrected chi connectivity index (χ4v) is 1.03. The van der Waals surface area contributed by atoms with Crippen LogP contribution in [0.15, 0.2) is 0 Å². The van der Waals surface area contributed by atoms with Crippen molar-refractivity contribution < 1.29 is 35.7 Å². The predicted molar refractivity (Wildman–Crippen MR) is 48.8 cm³/mol. The predicted octanol–water partition coefficient (Wildman–Crippen LogP) is -3.84. The second-order valence-electron chi connectivity index (χ2n) is 3.45. The average molecular weight is 226 g/mol. The van der Waals surface area contributed by atoms with Gasteiger partial charge in [0, 0.05) is 0 Å². The Labute approximate surface area is 86.9 Å². The van der Waals surface area contributed by atoms with E-state index in [9.17, 15) is 15.3 Å². The molecule has 0 aromatic heterocycles. The quantitative estimate of drug-likeness (QED) is 0.246. The largest absolute Gasteiger partial charge is 0.394 e. The Morgan fingerprint density at radius 3 is 1.47 bits per heavy atom. The minimum Gasteiger partial charge on any atom is -0.394 e. The lowest BCUT2D eigenvalue weighted by molar-refractivity contribution is -0.155. The molecule has 7 N–H and O–H groups in total. The maximum atomic E-state index is 9.26. The summed E-state index contributed by atoms with van der Waals surface area (Å²) in [5.41, 5.74) is 0. The monoisotopic (exact) mass is 226 g/mol. The highest BCUT2D eigenvalue weighted by molar-refractivity contribution is 4.86. The standard InChI is InChI=1S/C8H18O7/c1-3(10)5(12)7(14)8(15)6(13)4(11)2-9/h3-15H,2H2,1H3/t3-,4+,5-,6+,7-,8+/m0/s1. The van der Waals surface area contributed by atoms with E-state index in [4.69, 9.17) is 20.4 Å². The third kappa shape index (κ3) is 3.99. The van der Waals surface area contributed by atoms with Gasteiger partial charge in [-0.05, 0) is 6.92 Å². The highest BCUT2D eigenvalue weighted by atomic mass is 16.4. The number of hydrogen-bond donors (Lipinski definition) is 7. The summed E-state index contributed by atoms with van der Waals surface area (Å²) in [6.45, 7) is 0.394. The van der Waals surface area contributed by atoms with Crippen LogP contribution in [0.1, 0.15) is 6.92 Å². The van der Waals surface area contributed by atoms with E-state index in [0.29, 0.717) is 0 Å². The van der Waals surface area contributed by atoms with Crippen LogP contribution in [0.4, 0.5) is 0 Å². The lowest BCUT2D eigenvalue weighted by Gasteiger charge is -2.29. The van der Waals surface area contributed by atoms with Gasteiger partial charge in [-0.25, -0.2) is 0 Å². The highest BCUT2D eigenvalue weighted by Gasteiger charge is 2.35. The van der Waals surface area contributed by atoms with E-state index in [-0.39, 0.29) is 0 Å². The van der Waals surface area contributed by atoms with Crippen LogP contribution in [-0.4, -0.2) is 79.0 Å². The highest BCUT2D eigenvalue weighted by Crippen LogP contribution is 2.10. The van der Waals surface area contributed by atoms with Crippen molar-refractivity contribution in [1.29, 1.82) is 0 Å². The molecule has 0 aromatic carbocycles. The summed E-state index contributed by atoms with van der Waals surface area (Å²) in [5, 5.41) is 63.2. The number of rotatable bonds is 6. The van der Waals surface area contributed by atoms with E-state index in [2.05, 4.69) is 0 Å². The fraction of sp³-hybridized carbons (Fsp3) is 1.00. The lowest BCUT2D eigenvalue weighted by atomic mass is 9.97. The first-order valence-electron chi connectivity index (χ1n) is 4.52. The maximum absolute atomic E-state index is 9.26. The first-order valence-corrected chi connectivity index (χ1v) is 4.52. The molecule has 0 spiro atoms. The first-order chi connectivity index (χ1) is 6.82. The van der Waals surface area contributed by atoms with Gasteiger partial charge in [-0.1, -0.05) is 0 Å². The minimum absolute atomic E-state index is 0.796. The van der Waals surface area contributed by atoms with Gasteiger partial charge in [0.25, 0.3) is 0 Å². The summed E-state index contributed by atoms with van der Waals surface area (Å²) < 4.78 is 0. The van der Waals surface area contributed by atoms with E-state index in [0.717, 1.165) is 0 Å². The van der Waals surface area contributed by atoms with Gasteiger partial charge in [0.15, 0.2) is 0 Å². The number of hydrogen-bond acceptors (Lipinski definition) is 7. The van der Waals surface area contributed by atoms with Crippen LogP contribution in [0.2, 0.25) is 0 Å². The molecular weight excluding hydrogens is 208 g/mol. The van der Waals surface area contributed by atoms with Crippen molar-refractivity contribution in [2.75, 3.05) is 6.61 Å². The summed E-state index contributed by atoms with van der Waals surface area (Å²) in [6, 6.07) is 0. The van der Waals surface area contributed by atoms with E-state index >= 15 is 0 Å². The van der Waals surface area contributed by atoms with Gasteiger partial charge in [-0.2, -0.15) is 0 Å². The van der Waals surface area contributed by atoms with E-state index < -0.39 is 43.2 Å². The third-order valence-electron chi connectivity index (χ3n) is 2.13. The smallest absolute Gasteiger partial charge is 0.111 e. The van der Waals surface area contributed by atoms with Crippen LogP contribution in [-0.2, 0) is 0 Å². The Kier molecular flexibility index (Phi) is 6.22. The summed E-state index contributed by atoms with van der Waals surface area (Å²) in [7, 11) is 0. The molecule has 15 heavy (non-hydrogen) atoms. The molecule has 0 fully saturated rings. The normalized spacial score (nSPS) is 24.0. The summed E-state index contributed by atoms with van der Waals surface area (Å²) in [5.74, 6) is 0. The zero-order chi connectivity index (χ0) is 12.2. The molecule has 92 valence electrons. The Balaban J connectivity index is 4.36. The SMILES string of the molecule is C[C@H](O)[C@H](O)[C@H](O)[C@H](O)[C@H](O)[C@H](O)CO. The van der Waals surface area contributed by atoms with Gasteiger partial charge in [0.05, 0.1) is 12.7 Å². The number of aliphatic hydroxyl groups excluding tert-OH is 7. The zero-order valence-corrected chi connectivity index (χ0v) is 8.30. The van der Waals surface area contributed by atoms with E-state index in [1.807, 2.05) is 0 Å². The Hall–Kier alpha value is -0.280. The van der Waals surface area contributed by atoms with Crippen LogP contribution in [0.25, 0.3) is 0 Å². The van der Waals surface area contributed by atoms with Crippen molar-refractivity contribution in [1.82, 2.24) is 0 Å². The van der Waals surface area contributed by atoms with Crippen molar-refractivity contribution in [2.24, 2.45) is 0 Å². The molecule has 0 aromatic rings. The molecule has 0 rings (SSSR count). The van der Waals surface area contributed by atoms with Gasteiger partial charge < -0.3 is 35.7 Å². The van der Waals surface area contributed by atoms with E-state index in [1.165, 1.54) is 6.92 Å². The zero-order valence-electron chi connectivity index (χ0n) is 8.30. The molecule has 7 nitrogen and oxygen atoms in total. The molecule has 0 saturated carbocycles. The Morgan fingerprint density at radius 1 is 0.733 bits per heavy atom. The van der Waals surface area contributed by atoms with Crippen molar-refractivity contribution in [3.05, 3.63) is 0 Å². The van der Waals surface area contributed by atoms with Crippen LogP contribution < -0.4 is 0 Å². The topological polar surface area (TPSA) is 142 Å². The number of aliphatic hydroxyl groups is 7. The summed E-state index contributed by atoms with van der Waals surface area (Å²) in [4.78, 5) is 0. The van der Waals surface area contributed by atoms with Crippen molar-refractivity contribution in [3.8, 4) is 0 Å². The second-order valence-corrected chi connectivity index (χ2v) is 3.45. The van der Waals surface area contributed by atoms with Crippen molar-refractivity contribution in [2.45, 2.75) is 43.5 Å². The molecule has 7 heteroatoms. The molecule has 0 bridgehead atoms. The van der Waals surface area contributed by atoms with Crippen molar-refractivity contribution in [3.63, 3.8) is 0 Å². The average Bonchev–Trinajstić information content (AvgIpc) is 2.23. The molecular formula is C8H18O7. The third-order valence-corrected chi connectivity index (χ3v) is 2.13. The van der Waals surface area contributed by atoms with Gasteiger partial charge in [-0.3, -0.25) is 0 Å². The molecule has 0 amide bonds. The molecule has 0 radical (unpaired) electrons. The lowest BCUT2D eigenvalue weighted by Crippen LogP contribution is -2.52. The Bertz CT molecular complexity index is 174. The summed E-state index contributed by atoms with van der Waals surface area (Å²) >= 11 is 0. The summed E-state index contributed by atoms with van der Waals surface area (Å²) in [6.07, 6.45) is -10.1. The van der Waals surface area contributed by atoms with Crippen LogP contribution in [0, 0.1) is 0 Å². The van der Waals surface area contributed by atoms with Crippen LogP contribution >= 0.6 is 0 Å². The molecule has 0 unspecified atom stereocenters. The van der Waals surface area contributed by atoms with Gasteiger partial charge in [-0.15, -0.1) is 0 Å². The van der Waals surface area contributed by atoms with Crippen LogP contribution in [0.5, 0.6) is 0 Å². The maximum Gasteiger partial charge on any atom is 0.111 e. The molecule has 0 aliphatic heterocycles. The minimum atomic E-state index is -1.86. The van der Waals surface area contributed by atoms with Crippen molar-refractivity contribution >= 4 is 0 Å². The van der Waals surface area contributed by atoms with Gasteiger partial charge in [0.2, 0.25) is 0 Å². The molecule has 0 aliphatic rings. The van der Waals surface area contributed by atoms with Gasteiger partial charge in [0.1, 0.15) is 30.5 Å². The van der Waals surface area contributed by atoms with E-state index in [1.54, 1.807) is 0 Å². The van der Waals surface area contributed by atoms with Gasteiger partial charge >= 0.3 is 0 Å². The fourth-order valence-electron chi connectivity index (χ4n) is 1.03. The first kappa shape index (κ1) is 14.7. The molecule has 0 aliphatic carbocycles. The van der Waals surface area contributed by atoms with Crippen LogP contribution in [0.3, 0.4) is 0 Å². The molecule has 6 atom stereocenters. The molecule has 0 saturated heterocycles. The Morgan fingerprint density at radius 2 is 1.13 bits per heavy atom.